The molecule has 0 spiro atoms. The number of nitrogens with one attached hydrogen (secondary N) is 1. The van der Waals surface area contributed by atoms with Crippen LogP contribution in [0, 0.1) is 0 Å². The molecule has 0 aromatic heterocycles. The third-order valence-corrected chi connectivity index (χ3v) is 5.31. The van der Waals surface area contributed by atoms with Crippen molar-refractivity contribution in [2.75, 3.05) is 44.5 Å². The first-order chi connectivity index (χ1) is 13.8. The Balaban J connectivity index is 2.00. The molecule has 2 aromatic rings. The Labute approximate surface area is 175 Å². The fourth-order valence-electron chi connectivity index (χ4n) is 2.48. The van der Waals surface area contributed by atoms with Crippen LogP contribution in [0.25, 0.3) is 0 Å². The lowest BCUT2D eigenvalue weighted by Crippen LogP contribution is -2.41. The molecule has 1 amide bonds. The normalized spacial score (nSPS) is 10.9. The van der Waals surface area contributed by atoms with Crippen LogP contribution in [0.15, 0.2) is 42.5 Å². The molecule has 0 heterocycles. The molecule has 0 aliphatic heterocycles. The van der Waals surface area contributed by atoms with Gasteiger partial charge >= 0.3 is 0 Å². The topological polar surface area (TPSA) is 94.2 Å². The first-order valence-electron chi connectivity index (χ1n) is 8.60. The predicted octanol–water partition coefficient (Wildman–Crippen LogP) is 2.32. The molecule has 0 saturated heterocycles. The number of hydrogen-bond acceptors (Lipinski definition) is 6. The van der Waals surface area contributed by atoms with Gasteiger partial charge in [0.15, 0.2) is 11.5 Å². The van der Waals surface area contributed by atoms with E-state index >= 15 is 0 Å². The molecule has 29 heavy (non-hydrogen) atoms. The van der Waals surface area contributed by atoms with E-state index in [9.17, 15) is 13.2 Å². The summed E-state index contributed by atoms with van der Waals surface area (Å²) in [6, 6.07) is 11.6. The lowest BCUT2D eigenvalue weighted by atomic mass is 10.2. The van der Waals surface area contributed by atoms with Crippen molar-refractivity contribution < 1.29 is 27.4 Å². The Morgan fingerprint density at radius 3 is 2.38 bits per heavy atom. The number of para-hydroxylation sites is 1. The maximum atomic E-state index is 12.3. The molecular formula is C19H23ClN2O6S. The minimum Gasteiger partial charge on any atom is -0.493 e. The van der Waals surface area contributed by atoms with E-state index in [1.165, 1.54) is 26.4 Å². The van der Waals surface area contributed by atoms with E-state index in [2.05, 4.69) is 5.32 Å². The molecule has 0 aliphatic carbocycles. The number of carbonyl (C=O) groups is 1. The lowest BCUT2D eigenvalue weighted by Gasteiger charge is -2.23. The van der Waals surface area contributed by atoms with E-state index in [0.717, 1.165) is 10.6 Å². The summed E-state index contributed by atoms with van der Waals surface area (Å²) in [6.07, 6.45) is 1.03. The molecule has 2 aromatic carbocycles. The van der Waals surface area contributed by atoms with Gasteiger partial charge in [0.05, 0.1) is 37.7 Å². The minimum atomic E-state index is -3.71. The number of hydrogen-bond donors (Lipinski definition) is 1. The van der Waals surface area contributed by atoms with E-state index in [1.54, 1.807) is 30.3 Å². The second-order valence-corrected chi connectivity index (χ2v) is 8.25. The predicted molar refractivity (Wildman–Crippen MR) is 112 cm³/mol. The highest BCUT2D eigenvalue weighted by molar-refractivity contribution is 7.92. The zero-order valence-electron chi connectivity index (χ0n) is 16.3. The number of anilines is 1. The van der Waals surface area contributed by atoms with Crippen molar-refractivity contribution in [3.05, 3.63) is 47.5 Å². The number of ether oxygens (including phenoxy) is 3. The number of halogens is 1. The van der Waals surface area contributed by atoms with E-state index in [0.29, 0.717) is 22.3 Å². The standard InChI is InChI=1S/C19H23ClN2O6S/c1-26-17-9-8-14(12-18(17)27-2)22(29(3,24)25)13-19(23)21-10-11-28-16-7-5-4-6-15(16)20/h4-9,12H,10-11,13H2,1-3H3,(H,21,23). The molecule has 0 saturated carbocycles. The van der Waals surface area contributed by atoms with Crippen LogP contribution < -0.4 is 23.8 Å². The summed E-state index contributed by atoms with van der Waals surface area (Å²) in [7, 11) is -0.791. The number of amides is 1. The summed E-state index contributed by atoms with van der Waals surface area (Å²) in [5.74, 6) is 0.831. The van der Waals surface area contributed by atoms with Crippen molar-refractivity contribution in [3.8, 4) is 17.2 Å². The Hall–Kier alpha value is -2.65. The number of nitrogens with zero attached hydrogens (tertiary/aromatic N) is 1. The monoisotopic (exact) mass is 442 g/mol. The first kappa shape index (κ1) is 22.6. The number of carbonyl (C=O) groups excluding carboxylic acids is 1. The smallest absolute Gasteiger partial charge is 0.240 e. The van der Waals surface area contributed by atoms with Gasteiger partial charge in [0.25, 0.3) is 0 Å². The number of sulfonamides is 1. The molecule has 10 heteroatoms. The SMILES string of the molecule is COc1ccc(N(CC(=O)NCCOc2ccccc2Cl)S(C)(=O)=O)cc1OC. The number of rotatable bonds is 10. The van der Waals surface area contributed by atoms with Crippen molar-refractivity contribution in [3.63, 3.8) is 0 Å². The zero-order chi connectivity index (χ0) is 21.4. The van der Waals surface area contributed by atoms with Crippen LogP contribution in [0.1, 0.15) is 0 Å². The highest BCUT2D eigenvalue weighted by Crippen LogP contribution is 2.32. The third kappa shape index (κ3) is 6.43. The fraction of sp³-hybridized carbons (Fsp3) is 0.316. The summed E-state index contributed by atoms with van der Waals surface area (Å²) < 4.78 is 41.2. The van der Waals surface area contributed by atoms with Gasteiger partial charge < -0.3 is 19.5 Å². The van der Waals surface area contributed by atoms with E-state index in [4.69, 9.17) is 25.8 Å². The van der Waals surface area contributed by atoms with Crippen molar-refractivity contribution in [1.82, 2.24) is 5.32 Å². The minimum absolute atomic E-state index is 0.185. The molecular weight excluding hydrogens is 420 g/mol. The summed E-state index contributed by atoms with van der Waals surface area (Å²) in [5, 5.41) is 3.09. The summed E-state index contributed by atoms with van der Waals surface area (Å²) in [5.41, 5.74) is 0.285. The summed E-state index contributed by atoms with van der Waals surface area (Å²) >= 11 is 5.99. The van der Waals surface area contributed by atoms with E-state index in [1.807, 2.05) is 0 Å². The summed E-state index contributed by atoms with van der Waals surface area (Å²) in [6.45, 7) is -0.0152. The van der Waals surface area contributed by atoms with Crippen LogP contribution in [0.5, 0.6) is 17.2 Å². The van der Waals surface area contributed by atoms with E-state index in [-0.39, 0.29) is 25.4 Å². The summed E-state index contributed by atoms with van der Waals surface area (Å²) in [4.78, 5) is 12.3. The number of methoxy groups -OCH3 is 2. The van der Waals surface area contributed by atoms with Crippen LogP contribution in [-0.4, -0.2) is 54.5 Å². The molecule has 158 valence electrons. The Morgan fingerprint density at radius 1 is 1.07 bits per heavy atom. The van der Waals surface area contributed by atoms with Gasteiger partial charge in [-0.3, -0.25) is 9.10 Å². The maximum absolute atomic E-state index is 12.3. The van der Waals surface area contributed by atoms with Gasteiger partial charge in [-0.1, -0.05) is 23.7 Å². The zero-order valence-corrected chi connectivity index (χ0v) is 17.9. The highest BCUT2D eigenvalue weighted by Gasteiger charge is 2.22. The fourth-order valence-corrected chi connectivity index (χ4v) is 3.52. The lowest BCUT2D eigenvalue weighted by molar-refractivity contribution is -0.119. The molecule has 2 rings (SSSR count). The van der Waals surface area contributed by atoms with Crippen molar-refractivity contribution in [2.45, 2.75) is 0 Å². The molecule has 0 fully saturated rings. The first-order valence-corrected chi connectivity index (χ1v) is 10.8. The van der Waals surface area contributed by atoms with Gasteiger partial charge in [-0.25, -0.2) is 8.42 Å². The highest BCUT2D eigenvalue weighted by atomic mass is 35.5. The molecule has 0 aliphatic rings. The van der Waals surface area contributed by atoms with Crippen LogP contribution in [0.2, 0.25) is 5.02 Å². The van der Waals surface area contributed by atoms with Gasteiger partial charge in [-0.2, -0.15) is 0 Å². The Kier molecular flexibility index (Phi) is 7.98. The average Bonchev–Trinajstić information content (AvgIpc) is 2.69. The molecule has 0 radical (unpaired) electrons. The molecule has 0 atom stereocenters. The second-order valence-electron chi connectivity index (χ2n) is 5.94. The quantitative estimate of drug-likeness (QED) is 0.567. The molecule has 0 bridgehead atoms. The Morgan fingerprint density at radius 2 is 1.76 bits per heavy atom. The van der Waals surface area contributed by atoms with Gasteiger partial charge in [0.2, 0.25) is 15.9 Å². The van der Waals surface area contributed by atoms with Gasteiger partial charge in [-0.15, -0.1) is 0 Å². The van der Waals surface area contributed by atoms with E-state index < -0.39 is 15.9 Å². The molecule has 1 N–H and O–H groups in total. The number of benzene rings is 2. The van der Waals surface area contributed by atoms with Crippen molar-refractivity contribution >= 4 is 33.2 Å². The maximum Gasteiger partial charge on any atom is 0.240 e. The van der Waals surface area contributed by atoms with Gasteiger partial charge in [-0.05, 0) is 24.3 Å². The van der Waals surface area contributed by atoms with Crippen LogP contribution in [0.3, 0.4) is 0 Å². The second kappa shape index (κ2) is 10.2. The largest absolute Gasteiger partial charge is 0.493 e. The van der Waals surface area contributed by atoms with Crippen molar-refractivity contribution in [2.24, 2.45) is 0 Å². The third-order valence-electron chi connectivity index (χ3n) is 3.86. The van der Waals surface area contributed by atoms with Crippen molar-refractivity contribution in [1.29, 1.82) is 0 Å². The van der Waals surface area contributed by atoms with Gasteiger partial charge in [0, 0.05) is 6.07 Å². The molecule has 8 nitrogen and oxygen atoms in total. The average molecular weight is 443 g/mol. The van der Waals surface area contributed by atoms with Crippen LogP contribution in [-0.2, 0) is 14.8 Å². The van der Waals surface area contributed by atoms with Gasteiger partial charge in [0.1, 0.15) is 18.9 Å². The Bertz CT molecular complexity index is 951. The molecule has 0 unspecified atom stereocenters. The van der Waals surface area contributed by atoms with Crippen LogP contribution >= 0.6 is 11.6 Å². The van der Waals surface area contributed by atoms with Crippen LogP contribution in [0.4, 0.5) is 5.69 Å².